The molecule has 0 spiro atoms. The van der Waals surface area contributed by atoms with Crippen molar-refractivity contribution in [3.63, 3.8) is 0 Å². The van der Waals surface area contributed by atoms with Gasteiger partial charge in [-0.2, -0.15) is 0 Å². The standard InChI is InChI=1S/C18H20BrNO3/c1-21-16-8-7-14(17(19)18(16)22-2)12-20-9-10-23-15-6-4-3-5-13(15)11-20/h3-8H,9-12H2,1-2H3. The fourth-order valence-corrected chi connectivity index (χ4v) is 3.42. The zero-order valence-corrected chi connectivity index (χ0v) is 14.9. The van der Waals surface area contributed by atoms with Gasteiger partial charge < -0.3 is 14.2 Å². The molecule has 1 aliphatic heterocycles. The number of hydrogen-bond acceptors (Lipinski definition) is 4. The first-order valence-electron chi connectivity index (χ1n) is 7.55. The molecule has 0 unspecified atom stereocenters. The maximum atomic E-state index is 5.83. The van der Waals surface area contributed by atoms with E-state index in [1.54, 1.807) is 14.2 Å². The zero-order valence-electron chi connectivity index (χ0n) is 13.3. The van der Waals surface area contributed by atoms with E-state index < -0.39 is 0 Å². The van der Waals surface area contributed by atoms with Gasteiger partial charge in [-0.25, -0.2) is 0 Å². The van der Waals surface area contributed by atoms with E-state index in [-0.39, 0.29) is 0 Å². The Morgan fingerprint density at radius 2 is 1.96 bits per heavy atom. The van der Waals surface area contributed by atoms with Crippen molar-refractivity contribution in [3.05, 3.63) is 52.0 Å². The van der Waals surface area contributed by atoms with Crippen LogP contribution in [0.5, 0.6) is 17.2 Å². The lowest BCUT2D eigenvalue weighted by molar-refractivity contribution is 0.219. The van der Waals surface area contributed by atoms with E-state index in [1.165, 1.54) is 11.1 Å². The molecule has 0 saturated heterocycles. The van der Waals surface area contributed by atoms with Crippen LogP contribution in [0, 0.1) is 0 Å². The van der Waals surface area contributed by atoms with Crippen LogP contribution in [0.3, 0.4) is 0 Å². The Labute approximate surface area is 145 Å². The highest BCUT2D eigenvalue weighted by atomic mass is 79.9. The highest BCUT2D eigenvalue weighted by Crippen LogP contribution is 2.38. The summed E-state index contributed by atoms with van der Waals surface area (Å²) in [4.78, 5) is 2.37. The third-order valence-electron chi connectivity index (χ3n) is 3.99. The molecule has 0 bridgehead atoms. The lowest BCUT2D eigenvalue weighted by atomic mass is 10.1. The number of rotatable bonds is 4. The Hall–Kier alpha value is -1.72. The van der Waals surface area contributed by atoms with E-state index in [2.05, 4.69) is 39.0 Å². The second-order valence-electron chi connectivity index (χ2n) is 5.44. The van der Waals surface area contributed by atoms with Crippen molar-refractivity contribution in [2.45, 2.75) is 13.1 Å². The van der Waals surface area contributed by atoms with Gasteiger partial charge in [-0.05, 0) is 33.6 Å². The zero-order chi connectivity index (χ0) is 16.2. The molecule has 0 amide bonds. The van der Waals surface area contributed by atoms with Gasteiger partial charge in [-0.15, -0.1) is 0 Å². The van der Waals surface area contributed by atoms with Crippen molar-refractivity contribution in [1.82, 2.24) is 4.90 Å². The molecule has 0 saturated carbocycles. The molecule has 23 heavy (non-hydrogen) atoms. The quantitative estimate of drug-likeness (QED) is 0.809. The Balaban J connectivity index is 1.82. The van der Waals surface area contributed by atoms with Crippen LogP contribution in [0.1, 0.15) is 11.1 Å². The van der Waals surface area contributed by atoms with Crippen molar-refractivity contribution in [2.75, 3.05) is 27.4 Å². The molecule has 122 valence electrons. The fourth-order valence-electron chi connectivity index (χ4n) is 2.81. The predicted molar refractivity (Wildman–Crippen MR) is 93.3 cm³/mol. The molecule has 0 N–H and O–H groups in total. The highest BCUT2D eigenvalue weighted by molar-refractivity contribution is 9.10. The van der Waals surface area contributed by atoms with Crippen LogP contribution < -0.4 is 14.2 Å². The van der Waals surface area contributed by atoms with Crippen LogP contribution in [-0.2, 0) is 13.1 Å². The van der Waals surface area contributed by atoms with Gasteiger partial charge in [0.1, 0.15) is 12.4 Å². The predicted octanol–water partition coefficient (Wildman–Crippen LogP) is 3.86. The van der Waals surface area contributed by atoms with Crippen LogP contribution in [0.4, 0.5) is 0 Å². The maximum Gasteiger partial charge on any atom is 0.175 e. The fraction of sp³-hybridized carbons (Fsp3) is 0.333. The summed E-state index contributed by atoms with van der Waals surface area (Å²) in [5.74, 6) is 2.45. The number of ether oxygens (including phenoxy) is 3. The van der Waals surface area contributed by atoms with Gasteiger partial charge in [0.05, 0.1) is 18.7 Å². The molecule has 4 nitrogen and oxygen atoms in total. The Bertz CT molecular complexity index is 690. The van der Waals surface area contributed by atoms with E-state index in [1.807, 2.05) is 18.2 Å². The molecule has 0 aromatic heterocycles. The summed E-state index contributed by atoms with van der Waals surface area (Å²) < 4.78 is 17.6. The third-order valence-corrected chi connectivity index (χ3v) is 4.86. The van der Waals surface area contributed by atoms with Gasteiger partial charge >= 0.3 is 0 Å². The number of fused-ring (bicyclic) bond motifs is 1. The lowest BCUT2D eigenvalue weighted by Gasteiger charge is -2.21. The summed E-state index contributed by atoms with van der Waals surface area (Å²) in [5, 5.41) is 0. The van der Waals surface area contributed by atoms with E-state index in [9.17, 15) is 0 Å². The normalized spacial score (nSPS) is 14.6. The van der Waals surface area contributed by atoms with Crippen molar-refractivity contribution in [2.24, 2.45) is 0 Å². The number of benzene rings is 2. The van der Waals surface area contributed by atoms with Crippen LogP contribution in [0.25, 0.3) is 0 Å². The molecule has 0 fully saturated rings. The second-order valence-corrected chi connectivity index (χ2v) is 6.23. The summed E-state index contributed by atoms with van der Waals surface area (Å²) in [5.41, 5.74) is 2.39. The van der Waals surface area contributed by atoms with Crippen molar-refractivity contribution < 1.29 is 14.2 Å². The van der Waals surface area contributed by atoms with E-state index in [4.69, 9.17) is 14.2 Å². The monoisotopic (exact) mass is 377 g/mol. The number of nitrogens with zero attached hydrogens (tertiary/aromatic N) is 1. The first-order chi connectivity index (χ1) is 11.2. The molecule has 5 heteroatoms. The topological polar surface area (TPSA) is 30.9 Å². The first-order valence-corrected chi connectivity index (χ1v) is 8.34. The Morgan fingerprint density at radius 1 is 1.13 bits per heavy atom. The Kier molecular flexibility index (Phi) is 5.08. The minimum atomic E-state index is 0.696. The van der Waals surface area contributed by atoms with Gasteiger partial charge in [0.15, 0.2) is 11.5 Å². The van der Waals surface area contributed by atoms with Crippen molar-refractivity contribution >= 4 is 15.9 Å². The summed E-state index contributed by atoms with van der Waals surface area (Å²) in [7, 11) is 3.30. The van der Waals surface area contributed by atoms with Gasteiger partial charge in [0.25, 0.3) is 0 Å². The first kappa shape index (κ1) is 16.1. The molecular formula is C18H20BrNO3. The molecule has 0 atom stereocenters. The lowest BCUT2D eigenvalue weighted by Crippen LogP contribution is -2.25. The van der Waals surface area contributed by atoms with E-state index in [0.717, 1.165) is 41.4 Å². The largest absolute Gasteiger partial charge is 0.493 e. The van der Waals surface area contributed by atoms with Gasteiger partial charge in [0, 0.05) is 25.2 Å². The molecular weight excluding hydrogens is 358 g/mol. The smallest absolute Gasteiger partial charge is 0.175 e. The molecule has 2 aromatic carbocycles. The van der Waals surface area contributed by atoms with Gasteiger partial charge in [-0.1, -0.05) is 24.3 Å². The molecule has 0 aliphatic carbocycles. The van der Waals surface area contributed by atoms with Crippen LogP contribution >= 0.6 is 15.9 Å². The summed E-state index contributed by atoms with van der Waals surface area (Å²) >= 11 is 3.65. The van der Waals surface area contributed by atoms with E-state index in [0.29, 0.717) is 6.61 Å². The van der Waals surface area contributed by atoms with Crippen molar-refractivity contribution in [3.8, 4) is 17.2 Å². The number of para-hydroxylation sites is 1. The minimum absolute atomic E-state index is 0.696. The maximum absolute atomic E-state index is 5.83. The molecule has 2 aromatic rings. The number of methoxy groups -OCH3 is 2. The second kappa shape index (κ2) is 7.23. The SMILES string of the molecule is COc1ccc(CN2CCOc3ccccc3C2)c(Br)c1OC. The molecule has 1 heterocycles. The highest BCUT2D eigenvalue weighted by Gasteiger charge is 2.18. The Morgan fingerprint density at radius 3 is 2.74 bits per heavy atom. The average molecular weight is 378 g/mol. The van der Waals surface area contributed by atoms with E-state index >= 15 is 0 Å². The van der Waals surface area contributed by atoms with Gasteiger partial charge in [-0.3, -0.25) is 4.90 Å². The summed E-state index contributed by atoms with van der Waals surface area (Å²) in [6.45, 7) is 3.27. The summed E-state index contributed by atoms with van der Waals surface area (Å²) in [6, 6.07) is 12.2. The molecule has 1 aliphatic rings. The summed E-state index contributed by atoms with van der Waals surface area (Å²) in [6.07, 6.45) is 0. The van der Waals surface area contributed by atoms with Gasteiger partial charge in [0.2, 0.25) is 0 Å². The van der Waals surface area contributed by atoms with Crippen molar-refractivity contribution in [1.29, 1.82) is 0 Å². The minimum Gasteiger partial charge on any atom is -0.493 e. The number of hydrogen-bond donors (Lipinski definition) is 0. The van der Waals surface area contributed by atoms with Crippen LogP contribution in [0.15, 0.2) is 40.9 Å². The molecule has 3 rings (SSSR count). The third kappa shape index (κ3) is 3.46. The molecule has 0 radical (unpaired) electrons. The number of halogens is 1. The average Bonchev–Trinajstić information content (AvgIpc) is 2.78. The van der Waals surface area contributed by atoms with Crippen LogP contribution in [0.2, 0.25) is 0 Å². The van der Waals surface area contributed by atoms with Crippen LogP contribution in [-0.4, -0.2) is 32.3 Å².